The summed E-state index contributed by atoms with van der Waals surface area (Å²) in [5.74, 6) is 0.0204. The molecule has 0 saturated carbocycles. The molecule has 2 N–H and O–H groups in total. The number of carbonyl (C=O) groups excluding carboxylic acids is 1. The molecule has 1 heterocycles. The first kappa shape index (κ1) is 17.4. The molecule has 1 fully saturated rings. The highest BCUT2D eigenvalue weighted by molar-refractivity contribution is 7.87. The van der Waals surface area contributed by atoms with Gasteiger partial charge in [0.15, 0.2) is 0 Å². The molecule has 1 rings (SSSR count). The lowest BCUT2D eigenvalue weighted by atomic mass is 10.0. The van der Waals surface area contributed by atoms with Crippen molar-refractivity contribution in [1.82, 2.24) is 19.2 Å². The molecule has 118 valence electrons. The Kier molecular flexibility index (Phi) is 6.38. The maximum Gasteiger partial charge on any atom is 0.280 e. The fourth-order valence-electron chi connectivity index (χ4n) is 2.12. The van der Waals surface area contributed by atoms with Gasteiger partial charge >= 0.3 is 0 Å². The Bertz CT molecular complexity index is 416. The van der Waals surface area contributed by atoms with Crippen LogP contribution in [0.25, 0.3) is 0 Å². The summed E-state index contributed by atoms with van der Waals surface area (Å²) in [6.07, 6.45) is 0.488. The average molecular weight is 306 g/mol. The van der Waals surface area contributed by atoms with E-state index >= 15 is 0 Å². The van der Waals surface area contributed by atoms with Crippen LogP contribution in [0.15, 0.2) is 0 Å². The summed E-state index contributed by atoms with van der Waals surface area (Å²) < 4.78 is 28.6. The molecule has 1 amide bonds. The lowest BCUT2D eigenvalue weighted by Crippen LogP contribution is -2.55. The first-order valence-corrected chi connectivity index (χ1v) is 8.37. The first-order valence-electron chi connectivity index (χ1n) is 6.93. The van der Waals surface area contributed by atoms with Crippen LogP contribution >= 0.6 is 0 Å². The van der Waals surface area contributed by atoms with E-state index in [2.05, 4.69) is 10.0 Å². The molecule has 8 heteroatoms. The molecule has 0 radical (unpaired) electrons. The van der Waals surface area contributed by atoms with Crippen molar-refractivity contribution in [2.75, 3.05) is 40.3 Å². The molecule has 0 aromatic heterocycles. The van der Waals surface area contributed by atoms with Gasteiger partial charge in [-0.3, -0.25) is 4.79 Å². The molecule has 1 aliphatic rings. The third-order valence-electron chi connectivity index (χ3n) is 3.15. The van der Waals surface area contributed by atoms with Crippen molar-refractivity contribution in [1.29, 1.82) is 0 Å². The normalized spacial score (nSPS) is 19.1. The Labute approximate surface area is 121 Å². The molecular formula is C12H26N4O3S. The largest absolute Gasteiger partial charge is 0.347 e. The minimum Gasteiger partial charge on any atom is -0.347 e. The predicted molar refractivity (Wildman–Crippen MR) is 78.4 cm³/mol. The zero-order valence-electron chi connectivity index (χ0n) is 12.7. The maximum absolute atomic E-state index is 12.3. The number of hydrogen-bond acceptors (Lipinski definition) is 4. The number of nitrogens with zero attached hydrogens (tertiary/aromatic N) is 2. The van der Waals surface area contributed by atoms with E-state index in [1.807, 2.05) is 13.8 Å². The van der Waals surface area contributed by atoms with Crippen molar-refractivity contribution in [3.8, 4) is 0 Å². The number of piperazine rings is 1. The van der Waals surface area contributed by atoms with Crippen LogP contribution in [-0.2, 0) is 15.0 Å². The van der Waals surface area contributed by atoms with Gasteiger partial charge in [0.2, 0.25) is 5.91 Å². The van der Waals surface area contributed by atoms with Gasteiger partial charge < -0.3 is 10.2 Å². The molecule has 1 atom stereocenters. The van der Waals surface area contributed by atoms with Gasteiger partial charge in [0.25, 0.3) is 10.2 Å². The Morgan fingerprint density at radius 1 is 1.30 bits per heavy atom. The van der Waals surface area contributed by atoms with Crippen molar-refractivity contribution in [3.05, 3.63) is 0 Å². The molecule has 0 aliphatic carbocycles. The standard InChI is InChI=1S/C12H26N4O3S/c1-10(2)9-11(12(17)15(3)4)14-20(18,19)16-7-5-13-6-8-16/h10-11,13-14H,5-9H2,1-4H3. The number of nitrogens with one attached hydrogen (secondary N) is 2. The minimum absolute atomic E-state index is 0.211. The number of rotatable bonds is 6. The van der Waals surface area contributed by atoms with Gasteiger partial charge in [-0.05, 0) is 12.3 Å². The molecule has 7 nitrogen and oxygen atoms in total. The fourth-order valence-corrected chi connectivity index (χ4v) is 3.49. The minimum atomic E-state index is -3.61. The molecule has 1 saturated heterocycles. The van der Waals surface area contributed by atoms with Gasteiger partial charge in [-0.2, -0.15) is 17.4 Å². The topological polar surface area (TPSA) is 81.8 Å². The Hall–Kier alpha value is -0.700. The summed E-state index contributed by atoms with van der Waals surface area (Å²) in [5.41, 5.74) is 0. The second kappa shape index (κ2) is 7.35. The van der Waals surface area contributed by atoms with E-state index in [1.165, 1.54) is 9.21 Å². The second-order valence-electron chi connectivity index (χ2n) is 5.69. The highest BCUT2D eigenvalue weighted by Crippen LogP contribution is 2.10. The quantitative estimate of drug-likeness (QED) is 0.675. The maximum atomic E-state index is 12.3. The Morgan fingerprint density at radius 3 is 2.30 bits per heavy atom. The zero-order valence-corrected chi connectivity index (χ0v) is 13.5. The lowest BCUT2D eigenvalue weighted by Gasteiger charge is -2.30. The molecule has 0 aromatic rings. The highest BCUT2D eigenvalue weighted by Gasteiger charge is 2.30. The molecule has 1 aliphatic heterocycles. The first-order chi connectivity index (χ1) is 9.24. The smallest absolute Gasteiger partial charge is 0.280 e. The van der Waals surface area contributed by atoms with E-state index < -0.39 is 16.3 Å². The number of likely N-dealkylation sites (N-methyl/N-ethyl adjacent to an activating group) is 1. The van der Waals surface area contributed by atoms with E-state index in [-0.39, 0.29) is 11.8 Å². The van der Waals surface area contributed by atoms with Crippen molar-refractivity contribution in [3.63, 3.8) is 0 Å². The zero-order chi connectivity index (χ0) is 15.3. The lowest BCUT2D eigenvalue weighted by molar-refractivity contribution is -0.130. The van der Waals surface area contributed by atoms with E-state index in [4.69, 9.17) is 0 Å². The van der Waals surface area contributed by atoms with Gasteiger partial charge in [-0.25, -0.2) is 0 Å². The third-order valence-corrected chi connectivity index (χ3v) is 4.78. The predicted octanol–water partition coefficient (Wildman–Crippen LogP) is -0.771. The van der Waals surface area contributed by atoms with Crippen LogP contribution < -0.4 is 10.0 Å². The monoisotopic (exact) mass is 306 g/mol. The Morgan fingerprint density at radius 2 is 1.85 bits per heavy atom. The summed E-state index contributed by atoms with van der Waals surface area (Å²) in [4.78, 5) is 13.5. The van der Waals surface area contributed by atoms with Crippen molar-refractivity contribution >= 4 is 16.1 Å². The van der Waals surface area contributed by atoms with Gasteiger partial charge in [-0.15, -0.1) is 0 Å². The van der Waals surface area contributed by atoms with E-state index in [1.54, 1.807) is 14.1 Å². The number of hydrogen-bond donors (Lipinski definition) is 2. The second-order valence-corrected chi connectivity index (χ2v) is 7.39. The summed E-state index contributed by atoms with van der Waals surface area (Å²) in [5, 5.41) is 3.10. The summed E-state index contributed by atoms with van der Waals surface area (Å²) in [7, 11) is -0.343. The fraction of sp³-hybridized carbons (Fsp3) is 0.917. The molecule has 0 bridgehead atoms. The summed E-state index contributed by atoms with van der Waals surface area (Å²) >= 11 is 0. The molecule has 1 unspecified atom stereocenters. The SMILES string of the molecule is CC(C)CC(NS(=O)(=O)N1CCNCC1)C(=O)N(C)C. The van der Waals surface area contributed by atoms with Gasteiger partial charge in [0.1, 0.15) is 6.04 Å². The molecule has 20 heavy (non-hydrogen) atoms. The van der Waals surface area contributed by atoms with E-state index in [0.717, 1.165) is 0 Å². The van der Waals surface area contributed by atoms with E-state index in [0.29, 0.717) is 32.6 Å². The van der Waals surface area contributed by atoms with Crippen molar-refractivity contribution < 1.29 is 13.2 Å². The van der Waals surface area contributed by atoms with Gasteiger partial charge in [-0.1, -0.05) is 13.8 Å². The van der Waals surface area contributed by atoms with Gasteiger partial charge in [0, 0.05) is 40.3 Å². The van der Waals surface area contributed by atoms with Crippen LogP contribution in [0.1, 0.15) is 20.3 Å². The summed E-state index contributed by atoms with van der Waals surface area (Å²) in [6, 6.07) is -0.704. The molecule has 0 spiro atoms. The highest BCUT2D eigenvalue weighted by atomic mass is 32.2. The van der Waals surface area contributed by atoms with Crippen LogP contribution in [0, 0.1) is 5.92 Å². The number of amides is 1. The molecule has 0 aromatic carbocycles. The van der Waals surface area contributed by atoms with Crippen LogP contribution in [0.3, 0.4) is 0 Å². The van der Waals surface area contributed by atoms with Crippen LogP contribution in [0.5, 0.6) is 0 Å². The summed E-state index contributed by atoms with van der Waals surface area (Å²) in [6.45, 7) is 6.07. The van der Waals surface area contributed by atoms with Crippen LogP contribution in [0.2, 0.25) is 0 Å². The van der Waals surface area contributed by atoms with Crippen molar-refractivity contribution in [2.45, 2.75) is 26.3 Å². The number of carbonyl (C=O) groups is 1. The van der Waals surface area contributed by atoms with Gasteiger partial charge in [0.05, 0.1) is 0 Å². The third kappa shape index (κ3) is 5.01. The van der Waals surface area contributed by atoms with E-state index in [9.17, 15) is 13.2 Å². The van der Waals surface area contributed by atoms with Crippen molar-refractivity contribution in [2.24, 2.45) is 5.92 Å². The molecular weight excluding hydrogens is 280 g/mol. The average Bonchev–Trinajstić information content (AvgIpc) is 2.37. The van der Waals surface area contributed by atoms with Crippen LogP contribution in [0.4, 0.5) is 0 Å². The van der Waals surface area contributed by atoms with Crippen LogP contribution in [-0.4, -0.2) is 69.8 Å². The Balaban J connectivity index is 2.79.